The van der Waals surface area contributed by atoms with Crippen molar-refractivity contribution in [3.05, 3.63) is 48.2 Å². The SMILES string of the molecule is O=C(Nc1ccccc1N1CCOCC1)c1ccnc(NC2CCCCC2)c1. The summed E-state index contributed by atoms with van der Waals surface area (Å²) >= 11 is 0. The monoisotopic (exact) mass is 380 g/mol. The maximum atomic E-state index is 12.9. The van der Waals surface area contributed by atoms with E-state index in [1.807, 2.05) is 30.3 Å². The summed E-state index contributed by atoms with van der Waals surface area (Å²) in [6, 6.07) is 12.0. The van der Waals surface area contributed by atoms with E-state index in [9.17, 15) is 4.79 Å². The molecule has 0 atom stereocenters. The van der Waals surface area contributed by atoms with E-state index in [-0.39, 0.29) is 5.91 Å². The number of aromatic nitrogens is 1. The smallest absolute Gasteiger partial charge is 0.255 e. The van der Waals surface area contributed by atoms with Crippen molar-refractivity contribution in [1.29, 1.82) is 0 Å². The van der Waals surface area contributed by atoms with E-state index in [1.165, 1.54) is 32.1 Å². The van der Waals surface area contributed by atoms with Crippen molar-refractivity contribution in [2.24, 2.45) is 0 Å². The normalized spacial score (nSPS) is 17.9. The van der Waals surface area contributed by atoms with E-state index in [4.69, 9.17) is 4.74 Å². The zero-order valence-corrected chi connectivity index (χ0v) is 16.2. The van der Waals surface area contributed by atoms with Gasteiger partial charge in [0.15, 0.2) is 0 Å². The fraction of sp³-hybridized carbons (Fsp3) is 0.455. The van der Waals surface area contributed by atoms with Gasteiger partial charge in [0.2, 0.25) is 0 Å². The average Bonchev–Trinajstić information content (AvgIpc) is 2.76. The predicted molar refractivity (Wildman–Crippen MR) is 112 cm³/mol. The van der Waals surface area contributed by atoms with Crippen molar-refractivity contribution in [2.75, 3.05) is 41.8 Å². The van der Waals surface area contributed by atoms with E-state index in [2.05, 4.69) is 20.5 Å². The number of hydrogen-bond donors (Lipinski definition) is 2. The van der Waals surface area contributed by atoms with Crippen LogP contribution in [0.3, 0.4) is 0 Å². The lowest BCUT2D eigenvalue weighted by molar-refractivity contribution is 0.102. The van der Waals surface area contributed by atoms with Crippen LogP contribution in [0.1, 0.15) is 42.5 Å². The Kier molecular flexibility index (Phi) is 6.07. The summed E-state index contributed by atoms with van der Waals surface area (Å²) in [5, 5.41) is 6.57. The first-order valence-electron chi connectivity index (χ1n) is 10.3. The molecule has 1 aromatic heterocycles. The van der Waals surface area contributed by atoms with Gasteiger partial charge in [-0.3, -0.25) is 4.79 Å². The first kappa shape index (κ1) is 18.7. The molecule has 2 aliphatic rings. The Bertz CT molecular complexity index is 799. The number of hydrogen-bond acceptors (Lipinski definition) is 5. The Labute approximate surface area is 166 Å². The van der Waals surface area contributed by atoms with Gasteiger partial charge in [-0.25, -0.2) is 4.98 Å². The summed E-state index contributed by atoms with van der Waals surface area (Å²) < 4.78 is 5.44. The van der Waals surface area contributed by atoms with Gasteiger partial charge in [-0.15, -0.1) is 0 Å². The molecule has 0 radical (unpaired) electrons. The third kappa shape index (κ3) is 4.62. The largest absolute Gasteiger partial charge is 0.378 e. The highest BCUT2D eigenvalue weighted by Gasteiger charge is 2.17. The number of benzene rings is 1. The second-order valence-corrected chi connectivity index (χ2v) is 7.48. The van der Waals surface area contributed by atoms with Crippen LogP contribution in [0.25, 0.3) is 0 Å². The molecule has 0 unspecified atom stereocenters. The molecule has 2 fully saturated rings. The molecule has 1 aliphatic heterocycles. The van der Waals surface area contributed by atoms with E-state index in [0.29, 0.717) is 24.8 Å². The fourth-order valence-electron chi connectivity index (χ4n) is 3.96. The van der Waals surface area contributed by atoms with Crippen LogP contribution in [0.15, 0.2) is 42.6 Å². The zero-order chi connectivity index (χ0) is 19.2. The van der Waals surface area contributed by atoms with E-state index in [0.717, 1.165) is 30.3 Å². The highest BCUT2D eigenvalue weighted by Crippen LogP contribution is 2.27. The molecule has 1 saturated heterocycles. The van der Waals surface area contributed by atoms with Crippen molar-refractivity contribution < 1.29 is 9.53 Å². The lowest BCUT2D eigenvalue weighted by atomic mass is 9.95. The number of nitrogens with zero attached hydrogens (tertiary/aromatic N) is 2. The molecule has 6 heteroatoms. The van der Waals surface area contributed by atoms with E-state index < -0.39 is 0 Å². The molecule has 28 heavy (non-hydrogen) atoms. The number of morpholine rings is 1. The minimum absolute atomic E-state index is 0.116. The molecule has 1 aliphatic carbocycles. The second-order valence-electron chi connectivity index (χ2n) is 7.48. The first-order chi connectivity index (χ1) is 13.8. The maximum Gasteiger partial charge on any atom is 0.255 e. The van der Waals surface area contributed by atoms with Crippen LogP contribution < -0.4 is 15.5 Å². The number of para-hydroxylation sites is 2. The maximum absolute atomic E-state index is 12.9. The number of pyridine rings is 1. The third-order valence-electron chi connectivity index (χ3n) is 5.48. The fourth-order valence-corrected chi connectivity index (χ4v) is 3.96. The van der Waals surface area contributed by atoms with Crippen LogP contribution in [0, 0.1) is 0 Å². The summed E-state index contributed by atoms with van der Waals surface area (Å²) in [7, 11) is 0. The number of carbonyl (C=O) groups is 1. The highest BCUT2D eigenvalue weighted by atomic mass is 16.5. The molecular weight excluding hydrogens is 352 g/mol. The number of anilines is 3. The van der Waals surface area contributed by atoms with Crippen LogP contribution in [-0.2, 0) is 4.74 Å². The molecule has 0 spiro atoms. The average molecular weight is 380 g/mol. The molecular formula is C22H28N4O2. The molecule has 4 rings (SSSR count). The van der Waals surface area contributed by atoms with Gasteiger partial charge >= 0.3 is 0 Å². The van der Waals surface area contributed by atoms with Crippen LogP contribution in [0.4, 0.5) is 17.2 Å². The molecule has 2 N–H and O–H groups in total. The summed E-state index contributed by atoms with van der Waals surface area (Å²) in [6.45, 7) is 3.08. The van der Waals surface area contributed by atoms with E-state index in [1.54, 1.807) is 12.3 Å². The lowest BCUT2D eigenvalue weighted by Crippen LogP contribution is -2.36. The van der Waals surface area contributed by atoms with Crippen molar-refractivity contribution in [3.8, 4) is 0 Å². The zero-order valence-electron chi connectivity index (χ0n) is 16.2. The summed E-state index contributed by atoms with van der Waals surface area (Å²) in [6.07, 6.45) is 7.88. The number of ether oxygens (including phenoxy) is 1. The Hall–Kier alpha value is -2.60. The van der Waals surface area contributed by atoms with Gasteiger partial charge in [0.25, 0.3) is 5.91 Å². The molecule has 148 valence electrons. The van der Waals surface area contributed by atoms with Crippen LogP contribution in [-0.4, -0.2) is 43.2 Å². The molecule has 1 aromatic carbocycles. The Balaban J connectivity index is 1.46. The quantitative estimate of drug-likeness (QED) is 0.823. The second kappa shape index (κ2) is 9.06. The molecule has 6 nitrogen and oxygen atoms in total. The van der Waals surface area contributed by atoms with Crippen molar-refractivity contribution in [3.63, 3.8) is 0 Å². The molecule has 1 amide bonds. The van der Waals surface area contributed by atoms with Gasteiger partial charge in [-0.2, -0.15) is 0 Å². The van der Waals surface area contributed by atoms with Crippen LogP contribution >= 0.6 is 0 Å². The minimum atomic E-state index is -0.116. The van der Waals surface area contributed by atoms with E-state index >= 15 is 0 Å². The van der Waals surface area contributed by atoms with Crippen molar-refractivity contribution in [1.82, 2.24) is 4.98 Å². The molecule has 1 saturated carbocycles. The van der Waals surface area contributed by atoms with Crippen molar-refractivity contribution in [2.45, 2.75) is 38.1 Å². The van der Waals surface area contributed by atoms with Gasteiger partial charge in [0, 0.05) is 30.9 Å². The molecule has 2 aromatic rings. The van der Waals surface area contributed by atoms with Gasteiger partial charge < -0.3 is 20.3 Å². The third-order valence-corrected chi connectivity index (χ3v) is 5.48. The van der Waals surface area contributed by atoms with Crippen molar-refractivity contribution >= 4 is 23.1 Å². The Morgan fingerprint density at radius 2 is 1.86 bits per heavy atom. The predicted octanol–water partition coefficient (Wildman–Crippen LogP) is 3.92. The lowest BCUT2D eigenvalue weighted by Gasteiger charge is -2.30. The van der Waals surface area contributed by atoms with Gasteiger partial charge in [-0.05, 0) is 37.1 Å². The van der Waals surface area contributed by atoms with Gasteiger partial charge in [0.05, 0.1) is 24.6 Å². The Morgan fingerprint density at radius 1 is 1.07 bits per heavy atom. The number of rotatable bonds is 5. The molecule has 2 heterocycles. The topological polar surface area (TPSA) is 66.5 Å². The summed E-state index contributed by atoms with van der Waals surface area (Å²) in [5.41, 5.74) is 2.48. The van der Waals surface area contributed by atoms with Gasteiger partial charge in [0.1, 0.15) is 5.82 Å². The van der Waals surface area contributed by atoms with Crippen LogP contribution in [0.5, 0.6) is 0 Å². The number of nitrogens with one attached hydrogen (secondary N) is 2. The number of amides is 1. The standard InChI is InChI=1S/C22H28N4O2/c27-22(17-10-11-23-21(16-17)24-18-6-2-1-3-7-18)25-19-8-4-5-9-20(19)26-12-14-28-15-13-26/h4-5,8-11,16,18H,1-3,6-7,12-15H2,(H,23,24)(H,25,27). The highest BCUT2D eigenvalue weighted by molar-refractivity contribution is 6.06. The van der Waals surface area contributed by atoms with Crippen LogP contribution in [0.2, 0.25) is 0 Å². The Morgan fingerprint density at radius 3 is 2.68 bits per heavy atom. The summed E-state index contributed by atoms with van der Waals surface area (Å²) in [4.78, 5) is 19.5. The van der Waals surface area contributed by atoms with Gasteiger partial charge in [-0.1, -0.05) is 31.4 Å². The minimum Gasteiger partial charge on any atom is -0.378 e. The molecule has 0 bridgehead atoms. The first-order valence-corrected chi connectivity index (χ1v) is 10.3. The summed E-state index contributed by atoms with van der Waals surface area (Å²) in [5.74, 6) is 0.663. The number of carbonyl (C=O) groups excluding carboxylic acids is 1.